The molecule has 5 nitrogen and oxygen atoms in total. The summed E-state index contributed by atoms with van der Waals surface area (Å²) in [7, 11) is 0. The molecule has 1 N–H and O–H groups in total. The van der Waals surface area contributed by atoms with Crippen molar-refractivity contribution in [2.75, 3.05) is 14.3 Å². The molecule has 210 valence electrons. The molecule has 1 saturated heterocycles. The maximum atomic E-state index is 15.8. The van der Waals surface area contributed by atoms with Crippen molar-refractivity contribution in [2.24, 2.45) is 5.92 Å². The molecule has 0 aliphatic carbocycles. The third-order valence-corrected chi connectivity index (χ3v) is 21.0. The van der Waals surface area contributed by atoms with Crippen LogP contribution >= 0.6 is 15.9 Å². The van der Waals surface area contributed by atoms with Crippen molar-refractivity contribution < 1.29 is 56.4 Å². The molecule has 6 rings (SSSR count). The van der Waals surface area contributed by atoms with Crippen LogP contribution in [-0.4, -0.2) is 30.7 Å². The average molecular weight is 828 g/mol. The van der Waals surface area contributed by atoms with Gasteiger partial charge < -0.3 is 5.32 Å². The summed E-state index contributed by atoms with van der Waals surface area (Å²) in [5.74, 6) is -0.410. The number of fused-ring (bicyclic) bond motifs is 4. The number of rotatable bonds is 3. The molecule has 0 radical (unpaired) electrons. The number of para-hydroxylation sites is 1. The van der Waals surface area contributed by atoms with E-state index in [-0.39, 0.29) is 72.0 Å². The predicted octanol–water partition coefficient (Wildman–Crippen LogP) is 0.913. The molecule has 2 bridgehead atoms. The predicted molar refractivity (Wildman–Crippen MR) is 150 cm³/mol. The zero-order valence-corrected chi connectivity index (χ0v) is 27.9. The van der Waals surface area contributed by atoms with E-state index < -0.39 is 0 Å². The van der Waals surface area contributed by atoms with Crippen molar-refractivity contribution in [3.63, 3.8) is 0 Å². The summed E-state index contributed by atoms with van der Waals surface area (Å²) in [4.78, 5) is 33.3. The smallest absolute Gasteiger partial charge is 0.227 e. The van der Waals surface area contributed by atoms with Gasteiger partial charge in [0.1, 0.15) is 0 Å². The van der Waals surface area contributed by atoms with E-state index in [1.807, 2.05) is 60.4 Å². The summed E-state index contributed by atoms with van der Waals surface area (Å²) >= 11 is 3.71. The molecule has 2 amide bonds. The first-order valence-electron chi connectivity index (χ1n) is 13.4. The van der Waals surface area contributed by atoms with Gasteiger partial charge in [0.25, 0.3) is 0 Å². The minimum atomic E-state index is -0.226. The number of hydrogen-bond acceptors (Lipinski definition) is 3. The Balaban J connectivity index is 1.34. The molecular weight excluding hydrogens is 799 g/mol. The Labute approximate surface area is 263 Å². The number of nitrogens with one attached hydrogen (secondary N) is 1. The minimum Gasteiger partial charge on any atom is -0.325 e. The molecule has 0 saturated carbocycles. The number of alkyl halides is 4. The molecule has 3 aliphatic rings. The van der Waals surface area contributed by atoms with Gasteiger partial charge in [0.15, 0.2) is 0 Å². The van der Waals surface area contributed by atoms with E-state index in [0.717, 1.165) is 40.1 Å². The van der Waals surface area contributed by atoms with Crippen LogP contribution in [0.3, 0.4) is 0 Å². The fraction of sp³-hybridized carbons (Fsp3) is 0.323. The van der Waals surface area contributed by atoms with Crippen molar-refractivity contribution in [1.29, 1.82) is 0 Å². The van der Waals surface area contributed by atoms with Crippen LogP contribution in [0.2, 0.25) is 0 Å². The Kier molecular flexibility index (Phi) is 8.60. The second-order valence-electron chi connectivity index (χ2n) is 10.3. The van der Waals surface area contributed by atoms with Crippen molar-refractivity contribution >= 4 is 39.0 Å². The maximum Gasteiger partial charge on any atom is 0.227 e. The number of carbonyl (C=O) groups excluding carboxylic acids is 2. The fourth-order valence-corrected chi connectivity index (χ4v) is 13.2. The first kappa shape index (κ1) is 28.3. The van der Waals surface area contributed by atoms with Gasteiger partial charge in [-0.25, -0.2) is 0 Å². The number of halogens is 4. The molecule has 40 heavy (non-hydrogen) atoms. The van der Waals surface area contributed by atoms with E-state index in [9.17, 15) is 9.59 Å². The van der Waals surface area contributed by atoms with E-state index in [1.54, 1.807) is 12.3 Å². The Morgan fingerprint density at radius 2 is 1.93 bits per heavy atom. The van der Waals surface area contributed by atoms with E-state index in [4.69, 9.17) is 4.98 Å². The number of pyridine rings is 1. The molecular formula is C31H29BrFI2N3O2-2. The number of benzene rings is 2. The summed E-state index contributed by atoms with van der Waals surface area (Å²) in [5, 5.41) is 3.10. The first-order chi connectivity index (χ1) is 19.4. The second-order valence-corrected chi connectivity index (χ2v) is 22.3. The zero-order valence-electron chi connectivity index (χ0n) is 22.0. The molecule has 3 aliphatic heterocycles. The molecule has 4 heterocycles. The van der Waals surface area contributed by atoms with Gasteiger partial charge in [0.2, 0.25) is 5.91 Å². The van der Waals surface area contributed by atoms with Crippen LogP contribution in [0.15, 0.2) is 65.3 Å². The van der Waals surface area contributed by atoms with Crippen molar-refractivity contribution in [1.82, 2.24) is 9.88 Å². The van der Waals surface area contributed by atoms with Crippen molar-refractivity contribution in [2.45, 2.75) is 40.6 Å². The molecule has 0 unspecified atom stereocenters. The van der Waals surface area contributed by atoms with Gasteiger partial charge in [-0.3, -0.25) is 4.79 Å². The number of nitrogens with zero attached hydrogens (tertiary/aromatic N) is 2. The monoisotopic (exact) mass is 827 g/mol. The topological polar surface area (TPSA) is 62.3 Å². The van der Waals surface area contributed by atoms with E-state index in [1.165, 1.54) is 2.43 Å². The van der Waals surface area contributed by atoms with E-state index in [2.05, 4.69) is 21.2 Å². The van der Waals surface area contributed by atoms with Crippen LogP contribution in [0, 0.1) is 11.7 Å². The molecule has 0 spiro atoms. The average Bonchev–Trinajstić information content (AvgIpc) is 2.92. The van der Waals surface area contributed by atoms with Gasteiger partial charge in [-0.2, -0.15) is 0 Å². The number of aromatic nitrogens is 1. The fourth-order valence-electron chi connectivity index (χ4n) is 5.59. The van der Waals surface area contributed by atoms with Crippen LogP contribution in [0.1, 0.15) is 57.4 Å². The minimum absolute atomic E-state index is 0.00133. The van der Waals surface area contributed by atoms with Gasteiger partial charge in [0, 0.05) is 17.2 Å². The maximum absolute atomic E-state index is 15.8. The summed E-state index contributed by atoms with van der Waals surface area (Å²) in [6.45, 7) is 2.44. The standard InChI is InChI=1S/C31H29BrFI2N3O2/c1-18-5-4-8-26(25-15-19(11-13-36-25)21-6-2-3-7-24(21)37-31(18)40)38-14-12-20(16-27(38)39)28-23(32)10-9-22(29(28)33)30-34-17-35-30/h2-3,6-7,9-11,13,15-16,18,26,30H,4-5,8,12,14,17H2,1H3,(H,37,40)/q-2/t18-,26+/m1/s1. The third kappa shape index (κ3) is 5.62. The van der Waals surface area contributed by atoms with Crippen LogP contribution in [0.4, 0.5) is 10.1 Å². The van der Waals surface area contributed by atoms with Gasteiger partial charge in [-0.1, -0.05) is 25.1 Å². The molecule has 9 heteroatoms. The number of hydrogen-bond donors (Lipinski definition) is 1. The van der Waals surface area contributed by atoms with Crippen LogP contribution in [0.25, 0.3) is 16.7 Å². The Bertz CT molecular complexity index is 1510. The number of carbonyl (C=O) groups is 2. The Hall–Kier alpha value is -1.86. The molecule has 2 atom stereocenters. The molecule has 2 aromatic carbocycles. The summed E-state index contributed by atoms with van der Waals surface area (Å²) in [5.41, 5.74) is 5.66. The normalized spacial score (nSPS) is 22.3. The Morgan fingerprint density at radius 3 is 2.70 bits per heavy atom. The van der Waals surface area contributed by atoms with Gasteiger partial charge in [-0.15, -0.1) is 0 Å². The third-order valence-electron chi connectivity index (χ3n) is 7.82. The van der Waals surface area contributed by atoms with Crippen molar-refractivity contribution in [3.05, 3.63) is 87.9 Å². The quantitative estimate of drug-likeness (QED) is 0.316. The summed E-state index contributed by atoms with van der Waals surface area (Å²) < 4.78 is 18.3. The Morgan fingerprint density at radius 1 is 1.10 bits per heavy atom. The van der Waals surface area contributed by atoms with E-state index >= 15 is 4.39 Å². The SMILES string of the molecule is C[C@@H]1CCC[C@H](N2CCC(c3c(Br)ccc(C4[I-]C[I-]4)c3F)=CC2=O)c2cc(ccn2)-c2ccccc2NC1=O. The van der Waals surface area contributed by atoms with Crippen LogP contribution in [0.5, 0.6) is 0 Å². The number of amides is 2. The summed E-state index contributed by atoms with van der Waals surface area (Å²) in [6, 6.07) is 15.4. The zero-order chi connectivity index (χ0) is 27.8. The van der Waals surface area contributed by atoms with Crippen LogP contribution < -0.4 is 47.7 Å². The number of anilines is 1. The second kappa shape index (κ2) is 12.2. The first-order valence-corrected chi connectivity index (χ1v) is 19.8. The van der Waals surface area contributed by atoms with Crippen LogP contribution in [-0.2, 0) is 9.59 Å². The summed E-state index contributed by atoms with van der Waals surface area (Å²) in [6.07, 6.45) is 6.19. The molecule has 1 aromatic heterocycles. The van der Waals surface area contributed by atoms with Gasteiger partial charge in [-0.05, 0) is 12.1 Å². The van der Waals surface area contributed by atoms with Crippen molar-refractivity contribution in [3.8, 4) is 11.1 Å². The molecule has 3 aromatic rings. The largest absolute Gasteiger partial charge is 0.325 e. The molecule has 1 fully saturated rings. The van der Waals surface area contributed by atoms with Gasteiger partial charge in [0.05, 0.1) is 0 Å². The van der Waals surface area contributed by atoms with E-state index in [0.29, 0.717) is 37.8 Å². The van der Waals surface area contributed by atoms with Gasteiger partial charge >= 0.3 is 195 Å².